The van der Waals surface area contributed by atoms with Crippen molar-refractivity contribution < 1.29 is 22.3 Å². The number of hydrogen-bond donors (Lipinski definition) is 0. The van der Waals surface area contributed by atoms with Crippen LogP contribution in [-0.4, -0.2) is 26.2 Å². The monoisotopic (exact) mass is 360 g/mol. The molecule has 25 heavy (non-hydrogen) atoms. The molecule has 0 spiro atoms. The van der Waals surface area contributed by atoms with E-state index >= 15 is 0 Å². The third-order valence-electron chi connectivity index (χ3n) is 3.90. The molecule has 1 aliphatic heterocycles. The average Bonchev–Trinajstić information content (AvgIpc) is 2.78. The average molecular weight is 360 g/mol. The number of cyclic esters (lactones) is 1. The summed E-state index contributed by atoms with van der Waals surface area (Å²) in [5.74, 6) is -1.02. The maximum absolute atomic E-state index is 13.7. The van der Waals surface area contributed by atoms with Crippen molar-refractivity contribution in [3.8, 4) is 11.1 Å². The Labute approximate surface area is 145 Å². The van der Waals surface area contributed by atoms with E-state index in [1.807, 2.05) is 0 Å². The highest BCUT2D eigenvalue weighted by Crippen LogP contribution is 2.39. The molecule has 0 aromatic heterocycles. The minimum absolute atomic E-state index is 0.0361. The van der Waals surface area contributed by atoms with Crippen molar-refractivity contribution in [2.45, 2.75) is 24.3 Å². The highest BCUT2D eigenvalue weighted by Gasteiger charge is 2.34. The standard InChI is InChI=1S/C19H17FO4S/c1-19(2)11-15(18(21)24-19)14-8-5-9-16(25(3,22)23)17(14)12-6-4-7-13(20)10-12/h4-11H,1-3H3. The topological polar surface area (TPSA) is 60.4 Å². The Balaban J connectivity index is 2.36. The summed E-state index contributed by atoms with van der Waals surface area (Å²) in [6, 6.07) is 10.3. The van der Waals surface area contributed by atoms with Crippen LogP contribution in [0, 0.1) is 5.82 Å². The largest absolute Gasteiger partial charge is 0.452 e. The van der Waals surface area contributed by atoms with E-state index in [-0.39, 0.29) is 10.5 Å². The van der Waals surface area contributed by atoms with E-state index in [0.29, 0.717) is 16.7 Å². The number of carbonyl (C=O) groups excluding carboxylic acids is 1. The number of sulfone groups is 1. The molecule has 0 saturated heterocycles. The second-order valence-electron chi connectivity index (χ2n) is 6.51. The van der Waals surface area contributed by atoms with E-state index < -0.39 is 27.2 Å². The number of carbonyl (C=O) groups is 1. The van der Waals surface area contributed by atoms with Crippen LogP contribution in [0.15, 0.2) is 53.4 Å². The van der Waals surface area contributed by atoms with Gasteiger partial charge in [-0.1, -0.05) is 24.3 Å². The van der Waals surface area contributed by atoms with Crippen LogP contribution in [-0.2, 0) is 19.4 Å². The Morgan fingerprint density at radius 1 is 1.08 bits per heavy atom. The van der Waals surface area contributed by atoms with E-state index in [9.17, 15) is 17.6 Å². The molecule has 1 heterocycles. The van der Waals surface area contributed by atoms with Gasteiger partial charge in [-0.05, 0) is 49.2 Å². The van der Waals surface area contributed by atoms with Crippen molar-refractivity contribution in [3.63, 3.8) is 0 Å². The summed E-state index contributed by atoms with van der Waals surface area (Å²) in [5.41, 5.74) is 0.575. The number of benzene rings is 2. The van der Waals surface area contributed by atoms with Gasteiger partial charge in [0.1, 0.15) is 11.4 Å². The van der Waals surface area contributed by atoms with Crippen LogP contribution in [0.2, 0.25) is 0 Å². The van der Waals surface area contributed by atoms with Crippen LogP contribution in [0.5, 0.6) is 0 Å². The third-order valence-corrected chi connectivity index (χ3v) is 5.04. The predicted octanol–water partition coefficient (Wildman–Crippen LogP) is 3.62. The first kappa shape index (κ1) is 17.4. The molecule has 4 nitrogen and oxygen atoms in total. The van der Waals surface area contributed by atoms with Gasteiger partial charge in [-0.3, -0.25) is 0 Å². The van der Waals surface area contributed by atoms with Crippen LogP contribution >= 0.6 is 0 Å². The zero-order chi connectivity index (χ0) is 18.4. The van der Waals surface area contributed by atoms with Gasteiger partial charge < -0.3 is 4.74 Å². The van der Waals surface area contributed by atoms with Gasteiger partial charge in [-0.2, -0.15) is 0 Å². The van der Waals surface area contributed by atoms with Crippen molar-refractivity contribution in [1.82, 2.24) is 0 Å². The minimum Gasteiger partial charge on any atom is -0.452 e. The first-order valence-electron chi connectivity index (χ1n) is 7.64. The minimum atomic E-state index is -3.59. The zero-order valence-electron chi connectivity index (χ0n) is 14.0. The first-order chi connectivity index (χ1) is 11.6. The third kappa shape index (κ3) is 3.35. The molecule has 0 N–H and O–H groups in total. The molecule has 0 radical (unpaired) electrons. The lowest BCUT2D eigenvalue weighted by molar-refractivity contribution is -0.142. The summed E-state index contributed by atoms with van der Waals surface area (Å²) in [5, 5.41) is 0. The number of halogens is 1. The van der Waals surface area contributed by atoms with E-state index in [1.165, 1.54) is 24.3 Å². The van der Waals surface area contributed by atoms with Gasteiger partial charge in [-0.25, -0.2) is 17.6 Å². The normalized spacial score (nSPS) is 16.5. The fourth-order valence-electron chi connectivity index (χ4n) is 2.92. The van der Waals surface area contributed by atoms with Crippen molar-refractivity contribution in [3.05, 3.63) is 59.9 Å². The van der Waals surface area contributed by atoms with Gasteiger partial charge >= 0.3 is 5.97 Å². The zero-order valence-corrected chi connectivity index (χ0v) is 14.9. The van der Waals surface area contributed by atoms with Crippen LogP contribution in [0.25, 0.3) is 16.7 Å². The fraction of sp³-hybridized carbons (Fsp3) is 0.211. The van der Waals surface area contributed by atoms with Crippen molar-refractivity contribution >= 4 is 21.4 Å². The van der Waals surface area contributed by atoms with Gasteiger partial charge in [0.25, 0.3) is 0 Å². The lowest BCUT2D eigenvalue weighted by Crippen LogP contribution is -2.18. The first-order valence-corrected chi connectivity index (χ1v) is 9.53. The molecule has 130 valence electrons. The Hall–Kier alpha value is -2.47. The molecule has 2 aromatic carbocycles. The van der Waals surface area contributed by atoms with Crippen LogP contribution in [0.1, 0.15) is 19.4 Å². The highest BCUT2D eigenvalue weighted by molar-refractivity contribution is 7.90. The van der Waals surface area contributed by atoms with Crippen LogP contribution in [0.4, 0.5) is 4.39 Å². The van der Waals surface area contributed by atoms with Gasteiger partial charge in [0.05, 0.1) is 10.5 Å². The van der Waals surface area contributed by atoms with Crippen LogP contribution < -0.4 is 0 Å². The summed E-state index contributed by atoms with van der Waals surface area (Å²) in [6.07, 6.45) is 2.74. The van der Waals surface area contributed by atoms with Crippen molar-refractivity contribution in [1.29, 1.82) is 0 Å². The Bertz CT molecular complexity index is 1000. The Kier molecular flexibility index (Phi) is 4.03. The Morgan fingerprint density at radius 3 is 2.32 bits per heavy atom. The summed E-state index contributed by atoms with van der Waals surface area (Å²) in [6.45, 7) is 3.47. The summed E-state index contributed by atoms with van der Waals surface area (Å²) < 4.78 is 43.6. The number of esters is 1. The molecular weight excluding hydrogens is 343 g/mol. The second-order valence-corrected chi connectivity index (χ2v) is 8.50. The van der Waals surface area contributed by atoms with E-state index in [0.717, 1.165) is 6.26 Å². The molecule has 2 aromatic rings. The van der Waals surface area contributed by atoms with Crippen molar-refractivity contribution in [2.24, 2.45) is 0 Å². The lowest BCUT2D eigenvalue weighted by atomic mass is 9.93. The molecule has 0 saturated carbocycles. The predicted molar refractivity (Wildman–Crippen MR) is 93.1 cm³/mol. The molecule has 3 rings (SSSR count). The molecule has 0 amide bonds. The van der Waals surface area contributed by atoms with Gasteiger partial charge in [0, 0.05) is 11.8 Å². The molecule has 0 bridgehead atoms. The molecule has 0 unspecified atom stereocenters. The molecular formula is C19H17FO4S. The van der Waals surface area contributed by atoms with Crippen LogP contribution in [0.3, 0.4) is 0 Å². The second kappa shape index (κ2) is 5.81. The van der Waals surface area contributed by atoms with Gasteiger partial charge in [0.2, 0.25) is 0 Å². The molecule has 0 aliphatic carbocycles. The fourth-order valence-corrected chi connectivity index (χ4v) is 3.85. The maximum Gasteiger partial charge on any atom is 0.339 e. The quantitative estimate of drug-likeness (QED) is 0.785. The smallest absolute Gasteiger partial charge is 0.339 e. The number of rotatable bonds is 3. The summed E-state index contributed by atoms with van der Waals surface area (Å²) in [4.78, 5) is 12.3. The molecule has 1 aliphatic rings. The van der Waals surface area contributed by atoms with Gasteiger partial charge in [-0.15, -0.1) is 0 Å². The summed E-state index contributed by atoms with van der Waals surface area (Å²) >= 11 is 0. The number of ether oxygens (including phenoxy) is 1. The molecule has 0 atom stereocenters. The molecule has 0 fully saturated rings. The van der Waals surface area contributed by atoms with Gasteiger partial charge in [0.15, 0.2) is 9.84 Å². The number of hydrogen-bond acceptors (Lipinski definition) is 4. The maximum atomic E-state index is 13.7. The molecule has 6 heteroatoms. The van der Waals surface area contributed by atoms with E-state index in [1.54, 1.807) is 38.1 Å². The SMILES string of the molecule is CC1(C)C=C(c2cccc(S(C)(=O)=O)c2-c2cccc(F)c2)C(=O)O1. The Morgan fingerprint density at radius 2 is 1.76 bits per heavy atom. The highest BCUT2D eigenvalue weighted by atomic mass is 32.2. The van der Waals surface area contributed by atoms with E-state index in [4.69, 9.17) is 4.74 Å². The van der Waals surface area contributed by atoms with Crippen molar-refractivity contribution in [2.75, 3.05) is 6.26 Å². The summed E-state index contributed by atoms with van der Waals surface area (Å²) in [7, 11) is -3.59. The lowest BCUT2D eigenvalue weighted by Gasteiger charge is -2.14. The van der Waals surface area contributed by atoms with E-state index in [2.05, 4.69) is 0 Å².